The quantitative estimate of drug-likeness (QED) is 0.291. The van der Waals surface area contributed by atoms with Crippen LogP contribution in [0.1, 0.15) is 62.4 Å². The summed E-state index contributed by atoms with van der Waals surface area (Å²) in [6.45, 7) is 14.9. The Balaban J connectivity index is 1.61. The second-order valence-electron chi connectivity index (χ2n) is 11.1. The number of hydrogen-bond acceptors (Lipinski definition) is 3. The maximum Gasteiger partial charge on any atom is 0.252 e. The summed E-state index contributed by atoms with van der Waals surface area (Å²) >= 11 is 0. The van der Waals surface area contributed by atoms with E-state index in [1.54, 1.807) is 0 Å². The summed E-state index contributed by atoms with van der Waals surface area (Å²) in [5.74, 6) is 0.874. The molecule has 0 spiro atoms. The zero-order valence-corrected chi connectivity index (χ0v) is 22.4. The molecule has 1 heterocycles. The van der Waals surface area contributed by atoms with Crippen molar-refractivity contribution in [1.29, 1.82) is 0 Å². The molecule has 3 aromatic carbocycles. The molecular formula is C32H38N2O2. The third-order valence-electron chi connectivity index (χ3n) is 6.40. The normalized spacial score (nSPS) is 12.0. The van der Waals surface area contributed by atoms with E-state index in [-0.39, 0.29) is 17.1 Å². The van der Waals surface area contributed by atoms with Gasteiger partial charge in [0.25, 0.3) is 5.56 Å². The predicted octanol–water partition coefficient (Wildman–Crippen LogP) is 7.12. The van der Waals surface area contributed by atoms with Gasteiger partial charge in [0, 0.05) is 30.7 Å². The Labute approximate surface area is 214 Å². The molecule has 1 aromatic heterocycles. The van der Waals surface area contributed by atoms with E-state index in [2.05, 4.69) is 80.0 Å². The summed E-state index contributed by atoms with van der Waals surface area (Å²) in [4.78, 5) is 18.4. The molecule has 0 aliphatic carbocycles. The molecule has 4 rings (SSSR count). The molecule has 1 N–H and O–H groups in total. The first-order valence-electron chi connectivity index (χ1n) is 12.8. The maximum absolute atomic E-state index is 13.0. The fourth-order valence-electron chi connectivity index (χ4n) is 4.47. The first-order valence-corrected chi connectivity index (χ1v) is 12.8. The molecule has 0 atom stereocenters. The Morgan fingerprint density at radius 1 is 0.833 bits per heavy atom. The Hall–Kier alpha value is -3.37. The van der Waals surface area contributed by atoms with E-state index < -0.39 is 0 Å². The highest BCUT2D eigenvalue weighted by atomic mass is 16.5. The van der Waals surface area contributed by atoms with E-state index in [1.165, 1.54) is 22.3 Å². The van der Waals surface area contributed by atoms with Gasteiger partial charge in [-0.2, -0.15) is 0 Å². The van der Waals surface area contributed by atoms with Crippen LogP contribution in [0.3, 0.4) is 0 Å². The van der Waals surface area contributed by atoms with Crippen molar-refractivity contribution in [2.75, 3.05) is 0 Å². The first kappa shape index (κ1) is 25.7. The first-order chi connectivity index (χ1) is 17.1. The molecule has 188 valence electrons. The number of ether oxygens (including phenoxy) is 1. The van der Waals surface area contributed by atoms with Crippen LogP contribution < -0.4 is 10.3 Å². The molecule has 4 heteroatoms. The molecule has 0 unspecified atom stereocenters. The van der Waals surface area contributed by atoms with E-state index >= 15 is 0 Å². The number of H-pyrrole nitrogens is 1. The third-order valence-corrected chi connectivity index (χ3v) is 6.40. The Kier molecular flexibility index (Phi) is 7.65. The van der Waals surface area contributed by atoms with Crippen molar-refractivity contribution in [2.24, 2.45) is 0 Å². The van der Waals surface area contributed by atoms with Crippen LogP contribution in [0, 0.1) is 6.92 Å². The van der Waals surface area contributed by atoms with Gasteiger partial charge < -0.3 is 9.72 Å². The number of aryl methyl sites for hydroxylation is 1. The molecule has 0 amide bonds. The average Bonchev–Trinajstić information content (AvgIpc) is 2.80. The number of aromatic amines is 1. The number of rotatable bonds is 8. The number of pyridine rings is 1. The van der Waals surface area contributed by atoms with E-state index in [4.69, 9.17) is 4.74 Å². The van der Waals surface area contributed by atoms with Gasteiger partial charge in [-0.25, -0.2) is 0 Å². The van der Waals surface area contributed by atoms with Crippen molar-refractivity contribution in [3.63, 3.8) is 0 Å². The van der Waals surface area contributed by atoms with Crippen molar-refractivity contribution in [1.82, 2.24) is 9.88 Å². The second-order valence-corrected chi connectivity index (χ2v) is 11.1. The fourth-order valence-corrected chi connectivity index (χ4v) is 4.47. The zero-order chi connectivity index (χ0) is 25.9. The van der Waals surface area contributed by atoms with Crippen molar-refractivity contribution in [3.8, 4) is 5.75 Å². The minimum absolute atomic E-state index is 0.0277. The molecule has 0 saturated heterocycles. The van der Waals surface area contributed by atoms with Crippen LogP contribution >= 0.6 is 0 Å². The minimum Gasteiger partial charge on any atom is -0.491 e. The van der Waals surface area contributed by atoms with E-state index in [1.807, 2.05) is 44.2 Å². The molecule has 0 aliphatic rings. The van der Waals surface area contributed by atoms with Crippen LogP contribution in [0.25, 0.3) is 10.9 Å². The lowest BCUT2D eigenvalue weighted by molar-refractivity contribution is 0.240. The fraction of sp³-hybridized carbons (Fsp3) is 0.344. The Morgan fingerprint density at radius 2 is 1.44 bits per heavy atom. The summed E-state index contributed by atoms with van der Waals surface area (Å²) in [6, 6.07) is 25.3. The molecular weight excluding hydrogens is 444 g/mol. The number of benzene rings is 3. The van der Waals surface area contributed by atoms with Crippen molar-refractivity contribution in [2.45, 2.75) is 72.7 Å². The van der Waals surface area contributed by atoms with Crippen LogP contribution in [0.2, 0.25) is 0 Å². The highest BCUT2D eigenvalue weighted by Crippen LogP contribution is 2.24. The summed E-state index contributed by atoms with van der Waals surface area (Å²) in [6.07, 6.45) is 0.145. The van der Waals surface area contributed by atoms with Crippen LogP contribution in [-0.4, -0.2) is 16.0 Å². The average molecular weight is 483 g/mol. The van der Waals surface area contributed by atoms with Gasteiger partial charge >= 0.3 is 0 Å². The van der Waals surface area contributed by atoms with Crippen LogP contribution in [-0.2, 0) is 25.0 Å². The van der Waals surface area contributed by atoms with Crippen LogP contribution in [0.4, 0.5) is 0 Å². The van der Waals surface area contributed by atoms with Gasteiger partial charge in [-0.15, -0.1) is 0 Å². The van der Waals surface area contributed by atoms with Crippen molar-refractivity contribution in [3.05, 3.63) is 111 Å². The number of fused-ring (bicyclic) bond motifs is 1. The molecule has 0 aliphatic heterocycles. The van der Waals surface area contributed by atoms with Gasteiger partial charge in [-0.1, -0.05) is 68.8 Å². The Morgan fingerprint density at radius 3 is 2.03 bits per heavy atom. The molecule has 0 bridgehead atoms. The minimum atomic E-state index is -0.0277. The standard InChI is InChI=1S/C32H38N2O2/c1-22(2)36-29-14-10-25(11-15-29)20-34(19-24-8-12-28(13-9-24)32(4,5)6)21-27-18-26-17-23(3)7-16-30(26)33-31(27)35/h7-18,22H,19-21H2,1-6H3,(H,33,35). The van der Waals surface area contributed by atoms with Crippen LogP contribution in [0.15, 0.2) is 77.6 Å². The van der Waals surface area contributed by atoms with Crippen molar-refractivity contribution >= 4 is 10.9 Å². The predicted molar refractivity (Wildman–Crippen MR) is 150 cm³/mol. The van der Waals surface area contributed by atoms with Gasteiger partial charge in [-0.3, -0.25) is 9.69 Å². The van der Waals surface area contributed by atoms with Gasteiger partial charge in [0.15, 0.2) is 0 Å². The van der Waals surface area contributed by atoms with Crippen LogP contribution in [0.5, 0.6) is 5.75 Å². The zero-order valence-electron chi connectivity index (χ0n) is 22.4. The molecule has 0 saturated carbocycles. The number of nitrogens with one attached hydrogen (secondary N) is 1. The Bertz CT molecular complexity index is 1360. The maximum atomic E-state index is 13.0. The highest BCUT2D eigenvalue weighted by molar-refractivity contribution is 5.79. The SMILES string of the molecule is Cc1ccc2[nH]c(=O)c(CN(Cc3ccc(OC(C)C)cc3)Cc3ccc(C(C)(C)C)cc3)cc2c1. The smallest absolute Gasteiger partial charge is 0.252 e. The topological polar surface area (TPSA) is 45.3 Å². The van der Waals surface area contributed by atoms with Crippen molar-refractivity contribution < 1.29 is 4.74 Å². The number of hydrogen-bond donors (Lipinski definition) is 1. The molecule has 4 aromatic rings. The number of nitrogens with zero attached hydrogens (tertiary/aromatic N) is 1. The lowest BCUT2D eigenvalue weighted by Crippen LogP contribution is -2.26. The van der Waals surface area contributed by atoms with Gasteiger partial charge in [0.1, 0.15) is 5.75 Å². The monoisotopic (exact) mass is 482 g/mol. The summed E-state index contributed by atoms with van der Waals surface area (Å²) < 4.78 is 5.81. The highest BCUT2D eigenvalue weighted by Gasteiger charge is 2.15. The summed E-state index contributed by atoms with van der Waals surface area (Å²) in [7, 11) is 0. The molecule has 36 heavy (non-hydrogen) atoms. The van der Waals surface area contributed by atoms with Gasteiger partial charge in [0.05, 0.1) is 6.10 Å². The molecule has 0 radical (unpaired) electrons. The van der Waals surface area contributed by atoms with E-state index in [0.29, 0.717) is 6.54 Å². The van der Waals surface area contributed by atoms with Gasteiger partial charge in [0.2, 0.25) is 0 Å². The molecule has 0 fully saturated rings. The number of aromatic nitrogens is 1. The molecule has 4 nitrogen and oxygen atoms in total. The largest absolute Gasteiger partial charge is 0.491 e. The van der Waals surface area contributed by atoms with E-state index in [0.717, 1.165) is 35.3 Å². The second kappa shape index (κ2) is 10.7. The third kappa shape index (κ3) is 6.64. The summed E-state index contributed by atoms with van der Waals surface area (Å²) in [5, 5.41) is 1.06. The lowest BCUT2D eigenvalue weighted by Gasteiger charge is -2.24. The lowest BCUT2D eigenvalue weighted by atomic mass is 9.87. The summed E-state index contributed by atoms with van der Waals surface area (Å²) in [5.41, 5.74) is 6.66. The van der Waals surface area contributed by atoms with E-state index in [9.17, 15) is 4.79 Å². The van der Waals surface area contributed by atoms with Gasteiger partial charge in [-0.05, 0) is 78.6 Å².